The van der Waals surface area contributed by atoms with Gasteiger partial charge >= 0.3 is 0 Å². The smallest absolute Gasteiger partial charge is 0.258 e. The van der Waals surface area contributed by atoms with Crippen LogP contribution in [0.3, 0.4) is 0 Å². The third kappa shape index (κ3) is 5.13. The molecule has 0 atom stereocenters. The minimum atomic E-state index is -0.360. The van der Waals surface area contributed by atoms with Gasteiger partial charge in [-0.2, -0.15) is 0 Å². The lowest BCUT2D eigenvalue weighted by Gasteiger charge is -2.30. The Kier molecular flexibility index (Phi) is 7.02. The highest BCUT2D eigenvalue weighted by Crippen LogP contribution is 2.29. The van der Waals surface area contributed by atoms with E-state index in [4.69, 9.17) is 0 Å². The van der Waals surface area contributed by atoms with Crippen molar-refractivity contribution in [2.24, 2.45) is 5.92 Å². The summed E-state index contributed by atoms with van der Waals surface area (Å²) in [6.45, 7) is 9.86. The Balaban J connectivity index is 2.80. The van der Waals surface area contributed by atoms with Gasteiger partial charge < -0.3 is 0 Å². The first-order valence-electron chi connectivity index (χ1n) is 7.16. The Morgan fingerprint density at radius 1 is 1.20 bits per heavy atom. The summed E-state index contributed by atoms with van der Waals surface area (Å²) >= 11 is 1.71. The van der Waals surface area contributed by atoms with Crippen LogP contribution in [0, 0.1) is 16.0 Å². The summed E-state index contributed by atoms with van der Waals surface area (Å²) in [5.74, 6) is 0.598. The summed E-state index contributed by atoms with van der Waals surface area (Å²) < 4.78 is 2.41. The topological polar surface area (TPSA) is 46.4 Å². The molecule has 0 aliphatic carbocycles. The lowest BCUT2D eigenvalue weighted by Crippen LogP contribution is -2.31. The zero-order valence-corrected chi connectivity index (χ0v) is 13.5. The van der Waals surface area contributed by atoms with Crippen molar-refractivity contribution < 1.29 is 4.92 Å². The molecular formula is C15H24N2O2S. The Morgan fingerprint density at radius 3 is 2.15 bits per heavy atom. The van der Waals surface area contributed by atoms with Gasteiger partial charge in [-0.1, -0.05) is 27.7 Å². The van der Waals surface area contributed by atoms with Crippen LogP contribution in [0.2, 0.25) is 0 Å². The van der Waals surface area contributed by atoms with Crippen LogP contribution in [0.1, 0.15) is 40.5 Å². The van der Waals surface area contributed by atoms with E-state index in [1.165, 1.54) is 0 Å². The van der Waals surface area contributed by atoms with E-state index >= 15 is 0 Å². The SMILES string of the molecule is CCC(CC)N(CC(C)C)Sc1ccc([N+](=O)[O-])cc1. The number of nitro groups is 1. The predicted octanol–water partition coefficient (Wildman–Crippen LogP) is 4.75. The molecule has 0 spiro atoms. The highest BCUT2D eigenvalue weighted by atomic mass is 32.2. The quantitative estimate of drug-likeness (QED) is 0.394. The van der Waals surface area contributed by atoms with Gasteiger partial charge in [-0.25, -0.2) is 4.31 Å². The van der Waals surface area contributed by atoms with Crippen LogP contribution in [0.5, 0.6) is 0 Å². The number of rotatable bonds is 8. The van der Waals surface area contributed by atoms with Gasteiger partial charge in [0.2, 0.25) is 0 Å². The molecule has 0 aromatic heterocycles. The van der Waals surface area contributed by atoms with E-state index in [1.807, 2.05) is 12.1 Å². The summed E-state index contributed by atoms with van der Waals surface area (Å²) in [6.07, 6.45) is 2.23. The fourth-order valence-electron chi connectivity index (χ4n) is 2.08. The first-order chi connectivity index (χ1) is 9.47. The molecule has 1 rings (SSSR count). The normalized spacial score (nSPS) is 11.6. The average Bonchev–Trinajstić information content (AvgIpc) is 2.40. The maximum absolute atomic E-state index is 10.7. The third-order valence-corrected chi connectivity index (χ3v) is 4.33. The lowest BCUT2D eigenvalue weighted by molar-refractivity contribution is -0.384. The summed E-state index contributed by atoms with van der Waals surface area (Å²) in [6, 6.07) is 7.35. The highest BCUT2D eigenvalue weighted by molar-refractivity contribution is 7.97. The minimum absolute atomic E-state index is 0.146. The molecule has 0 saturated carbocycles. The Bertz CT molecular complexity index is 416. The molecule has 0 heterocycles. The molecule has 20 heavy (non-hydrogen) atoms. The molecule has 0 aliphatic heterocycles. The predicted molar refractivity (Wildman–Crippen MR) is 84.9 cm³/mol. The maximum atomic E-state index is 10.7. The first kappa shape index (κ1) is 17.0. The van der Waals surface area contributed by atoms with Crippen molar-refractivity contribution in [1.29, 1.82) is 0 Å². The van der Waals surface area contributed by atoms with Crippen LogP contribution < -0.4 is 0 Å². The van der Waals surface area contributed by atoms with Crippen LogP contribution in [-0.2, 0) is 0 Å². The highest BCUT2D eigenvalue weighted by Gasteiger charge is 2.18. The largest absolute Gasteiger partial charge is 0.269 e. The summed E-state index contributed by atoms with van der Waals surface area (Å²) in [5, 5.41) is 10.7. The summed E-state index contributed by atoms with van der Waals surface area (Å²) in [5.41, 5.74) is 0.146. The second kappa shape index (κ2) is 8.27. The lowest BCUT2D eigenvalue weighted by atomic mass is 10.1. The Labute approximate surface area is 125 Å². The van der Waals surface area contributed by atoms with E-state index < -0.39 is 0 Å². The second-order valence-electron chi connectivity index (χ2n) is 5.31. The zero-order valence-electron chi connectivity index (χ0n) is 12.7. The van der Waals surface area contributed by atoms with Crippen molar-refractivity contribution in [1.82, 2.24) is 4.31 Å². The number of hydrogen-bond donors (Lipinski definition) is 0. The molecule has 112 valence electrons. The molecule has 0 radical (unpaired) electrons. The number of benzene rings is 1. The van der Waals surface area contributed by atoms with Crippen molar-refractivity contribution in [3.8, 4) is 0 Å². The number of nitrogens with zero attached hydrogens (tertiary/aromatic N) is 2. The molecule has 1 aromatic carbocycles. The Hall–Kier alpha value is -1.07. The van der Waals surface area contributed by atoms with Gasteiger partial charge in [-0.3, -0.25) is 10.1 Å². The standard InChI is InChI=1S/C15H24N2O2S/c1-5-13(6-2)16(11-12(3)4)20-15-9-7-14(8-10-15)17(18)19/h7-10,12-13H,5-6,11H2,1-4H3. The van der Waals surface area contributed by atoms with Crippen molar-refractivity contribution in [2.45, 2.75) is 51.5 Å². The monoisotopic (exact) mass is 296 g/mol. The molecule has 0 aliphatic rings. The summed E-state index contributed by atoms with van der Waals surface area (Å²) in [4.78, 5) is 11.4. The van der Waals surface area contributed by atoms with Gasteiger partial charge in [0.15, 0.2) is 0 Å². The van der Waals surface area contributed by atoms with Crippen LogP contribution in [0.25, 0.3) is 0 Å². The van der Waals surface area contributed by atoms with Crippen LogP contribution in [0.15, 0.2) is 29.2 Å². The molecule has 4 nitrogen and oxygen atoms in total. The van der Waals surface area contributed by atoms with E-state index in [-0.39, 0.29) is 10.6 Å². The van der Waals surface area contributed by atoms with Gasteiger partial charge in [-0.15, -0.1) is 0 Å². The van der Waals surface area contributed by atoms with Gasteiger partial charge in [0, 0.05) is 29.6 Å². The van der Waals surface area contributed by atoms with Gasteiger partial charge in [0.05, 0.1) is 4.92 Å². The molecule has 1 aromatic rings. The van der Waals surface area contributed by atoms with Gasteiger partial charge in [-0.05, 0) is 42.8 Å². The minimum Gasteiger partial charge on any atom is -0.258 e. The van der Waals surface area contributed by atoms with E-state index in [2.05, 4.69) is 32.0 Å². The first-order valence-corrected chi connectivity index (χ1v) is 7.94. The van der Waals surface area contributed by atoms with E-state index in [1.54, 1.807) is 24.1 Å². The number of hydrogen-bond acceptors (Lipinski definition) is 4. The van der Waals surface area contributed by atoms with E-state index in [9.17, 15) is 10.1 Å². The van der Waals surface area contributed by atoms with Gasteiger partial charge in [0.25, 0.3) is 5.69 Å². The second-order valence-corrected chi connectivity index (χ2v) is 6.43. The van der Waals surface area contributed by atoms with E-state index in [0.29, 0.717) is 12.0 Å². The van der Waals surface area contributed by atoms with E-state index in [0.717, 1.165) is 24.3 Å². The van der Waals surface area contributed by atoms with Crippen molar-refractivity contribution >= 4 is 17.6 Å². The Morgan fingerprint density at radius 2 is 1.75 bits per heavy atom. The molecule has 0 unspecified atom stereocenters. The number of non-ortho nitro benzene ring substituents is 1. The van der Waals surface area contributed by atoms with Crippen molar-refractivity contribution in [2.75, 3.05) is 6.54 Å². The molecular weight excluding hydrogens is 272 g/mol. The molecule has 0 amide bonds. The van der Waals surface area contributed by atoms with Crippen LogP contribution in [0.4, 0.5) is 5.69 Å². The molecule has 5 heteroatoms. The summed E-state index contributed by atoms with van der Waals surface area (Å²) in [7, 11) is 0. The fraction of sp³-hybridized carbons (Fsp3) is 0.600. The van der Waals surface area contributed by atoms with Crippen molar-refractivity contribution in [3.05, 3.63) is 34.4 Å². The average molecular weight is 296 g/mol. The molecule has 0 fully saturated rings. The van der Waals surface area contributed by atoms with Crippen LogP contribution >= 0.6 is 11.9 Å². The molecule has 0 bridgehead atoms. The fourth-order valence-corrected chi connectivity index (χ4v) is 3.43. The number of nitro benzene ring substituents is 1. The zero-order chi connectivity index (χ0) is 15.1. The molecule has 0 saturated heterocycles. The van der Waals surface area contributed by atoms with Gasteiger partial charge in [0.1, 0.15) is 0 Å². The molecule has 0 N–H and O–H groups in total. The van der Waals surface area contributed by atoms with Crippen molar-refractivity contribution in [3.63, 3.8) is 0 Å². The maximum Gasteiger partial charge on any atom is 0.269 e. The van der Waals surface area contributed by atoms with Crippen LogP contribution in [-0.4, -0.2) is 21.8 Å². The third-order valence-electron chi connectivity index (χ3n) is 3.17.